The molecule has 0 aliphatic heterocycles. The zero-order valence-corrected chi connectivity index (χ0v) is 9.59. The first-order chi connectivity index (χ1) is 5.45. The molecule has 0 aliphatic rings. The van der Waals surface area contributed by atoms with Gasteiger partial charge in [0.05, 0.1) is 0 Å². The quantitative estimate of drug-likeness (QED) is 0.579. The van der Waals surface area contributed by atoms with E-state index in [2.05, 4.69) is 48.0 Å². The van der Waals surface area contributed by atoms with Gasteiger partial charge in [-0.15, -0.1) is 0 Å². The normalized spacial score (nSPS) is 12.5. The predicted octanol–water partition coefficient (Wildman–Crippen LogP) is 4.16. The first kappa shape index (κ1) is 12.0. The highest BCUT2D eigenvalue weighted by molar-refractivity contribution is 4.81. The van der Waals surface area contributed by atoms with Crippen LogP contribution in [0.1, 0.15) is 48.0 Å². The molecule has 0 heterocycles. The third kappa shape index (κ3) is 4.79. The molecule has 0 nitrogen and oxygen atoms in total. The minimum atomic E-state index is 0.795. The molecule has 12 heavy (non-hydrogen) atoms. The van der Waals surface area contributed by atoms with Crippen molar-refractivity contribution >= 4 is 0 Å². The Morgan fingerprint density at radius 3 is 1.50 bits per heavy atom. The van der Waals surface area contributed by atoms with Crippen molar-refractivity contribution in [1.29, 1.82) is 0 Å². The van der Waals surface area contributed by atoms with Gasteiger partial charge in [0, 0.05) is 0 Å². The van der Waals surface area contributed by atoms with Crippen LogP contribution in [-0.4, -0.2) is 0 Å². The van der Waals surface area contributed by atoms with Crippen molar-refractivity contribution in [3.8, 4) is 0 Å². The van der Waals surface area contributed by atoms with Crippen molar-refractivity contribution in [2.24, 2.45) is 23.7 Å². The van der Waals surface area contributed by atoms with Gasteiger partial charge in [0.1, 0.15) is 0 Å². The summed E-state index contributed by atoms with van der Waals surface area (Å²) < 4.78 is 0. The number of hydrogen-bond donors (Lipinski definition) is 0. The maximum atomic E-state index is 2.51. The number of hydrogen-bond acceptors (Lipinski definition) is 0. The summed E-state index contributed by atoms with van der Waals surface area (Å²) in [5.74, 6) is 3.20. The molecule has 0 saturated heterocycles. The Balaban J connectivity index is 3.80. The standard InChI is InChI=1S/C12H25/c1-9(2)7-8-12(10(3)4)11(5)6/h8-12H,7H2,1-6H3. The Morgan fingerprint density at radius 1 is 0.833 bits per heavy atom. The predicted molar refractivity (Wildman–Crippen MR) is 56.9 cm³/mol. The molecule has 0 rings (SSSR count). The number of rotatable bonds is 5. The molecule has 0 bridgehead atoms. The lowest BCUT2D eigenvalue weighted by Crippen LogP contribution is -2.16. The van der Waals surface area contributed by atoms with Crippen LogP contribution in [0, 0.1) is 30.1 Å². The van der Waals surface area contributed by atoms with Gasteiger partial charge in [-0.25, -0.2) is 0 Å². The van der Waals surface area contributed by atoms with Crippen molar-refractivity contribution in [2.75, 3.05) is 0 Å². The van der Waals surface area contributed by atoms with Crippen molar-refractivity contribution in [2.45, 2.75) is 48.0 Å². The molecule has 0 aliphatic carbocycles. The summed E-state index contributed by atoms with van der Waals surface area (Å²) in [6.07, 6.45) is 3.78. The Bertz CT molecular complexity index is 92.6. The zero-order chi connectivity index (χ0) is 9.72. The van der Waals surface area contributed by atoms with Crippen molar-refractivity contribution in [3.05, 3.63) is 6.42 Å². The van der Waals surface area contributed by atoms with Gasteiger partial charge in [-0.3, -0.25) is 0 Å². The zero-order valence-electron chi connectivity index (χ0n) is 9.59. The summed E-state index contributed by atoms with van der Waals surface area (Å²) >= 11 is 0. The summed E-state index contributed by atoms with van der Waals surface area (Å²) in [7, 11) is 0. The van der Waals surface area contributed by atoms with Gasteiger partial charge in [0.25, 0.3) is 0 Å². The average Bonchev–Trinajstić information content (AvgIpc) is 1.84. The monoisotopic (exact) mass is 169 g/mol. The van der Waals surface area contributed by atoms with Crippen LogP contribution in [-0.2, 0) is 0 Å². The minimum absolute atomic E-state index is 0.795. The molecule has 0 amide bonds. The molecular formula is C12H25. The van der Waals surface area contributed by atoms with Crippen LogP contribution >= 0.6 is 0 Å². The molecule has 0 aromatic carbocycles. The second-order valence-corrected chi connectivity index (χ2v) is 4.93. The van der Waals surface area contributed by atoms with E-state index < -0.39 is 0 Å². The van der Waals surface area contributed by atoms with Crippen LogP contribution in [0.3, 0.4) is 0 Å². The van der Waals surface area contributed by atoms with Gasteiger partial charge >= 0.3 is 0 Å². The van der Waals surface area contributed by atoms with Gasteiger partial charge in [-0.05, 0) is 36.5 Å². The maximum absolute atomic E-state index is 2.51. The smallest absolute Gasteiger partial charge is 0.0337 e. The van der Waals surface area contributed by atoms with Crippen LogP contribution in [0.2, 0.25) is 0 Å². The van der Waals surface area contributed by atoms with Crippen molar-refractivity contribution in [3.63, 3.8) is 0 Å². The van der Waals surface area contributed by atoms with E-state index in [4.69, 9.17) is 0 Å². The second-order valence-electron chi connectivity index (χ2n) is 4.93. The molecular weight excluding hydrogens is 144 g/mol. The lowest BCUT2D eigenvalue weighted by atomic mass is 9.81. The fourth-order valence-electron chi connectivity index (χ4n) is 1.74. The molecule has 0 saturated carbocycles. The highest BCUT2D eigenvalue weighted by Gasteiger charge is 2.17. The fraction of sp³-hybridized carbons (Fsp3) is 0.917. The van der Waals surface area contributed by atoms with E-state index in [1.165, 1.54) is 6.42 Å². The summed E-state index contributed by atoms with van der Waals surface area (Å²) in [5.41, 5.74) is 0. The molecule has 0 fully saturated rings. The van der Waals surface area contributed by atoms with Gasteiger partial charge in [-0.1, -0.05) is 41.5 Å². The molecule has 0 aromatic rings. The van der Waals surface area contributed by atoms with E-state index in [1.54, 1.807) is 0 Å². The van der Waals surface area contributed by atoms with Gasteiger partial charge in [0.2, 0.25) is 0 Å². The van der Waals surface area contributed by atoms with E-state index in [0.29, 0.717) is 0 Å². The average molecular weight is 169 g/mol. The first-order valence-corrected chi connectivity index (χ1v) is 5.28. The first-order valence-electron chi connectivity index (χ1n) is 5.28. The molecule has 0 heteroatoms. The van der Waals surface area contributed by atoms with E-state index in [-0.39, 0.29) is 0 Å². The van der Waals surface area contributed by atoms with Gasteiger partial charge < -0.3 is 0 Å². The summed E-state index contributed by atoms with van der Waals surface area (Å²) in [5, 5.41) is 0. The van der Waals surface area contributed by atoms with Crippen molar-refractivity contribution in [1.82, 2.24) is 0 Å². The molecule has 0 unspecified atom stereocenters. The molecule has 73 valence electrons. The molecule has 0 N–H and O–H groups in total. The van der Waals surface area contributed by atoms with Crippen LogP contribution in [0.4, 0.5) is 0 Å². The molecule has 0 spiro atoms. The van der Waals surface area contributed by atoms with Crippen molar-refractivity contribution < 1.29 is 0 Å². The van der Waals surface area contributed by atoms with E-state index in [0.717, 1.165) is 23.7 Å². The Kier molecular flexibility index (Phi) is 5.61. The fourth-order valence-corrected chi connectivity index (χ4v) is 1.74. The van der Waals surface area contributed by atoms with Crippen LogP contribution < -0.4 is 0 Å². The summed E-state index contributed by atoms with van der Waals surface area (Å²) in [6, 6.07) is 0. The topological polar surface area (TPSA) is 0 Å². The van der Waals surface area contributed by atoms with Crippen LogP contribution in [0.5, 0.6) is 0 Å². The lowest BCUT2D eigenvalue weighted by Gasteiger charge is -2.25. The van der Waals surface area contributed by atoms with Crippen LogP contribution in [0.25, 0.3) is 0 Å². The third-order valence-corrected chi connectivity index (χ3v) is 2.42. The highest BCUT2D eigenvalue weighted by Crippen LogP contribution is 2.25. The van der Waals surface area contributed by atoms with Crippen LogP contribution in [0.15, 0.2) is 0 Å². The highest BCUT2D eigenvalue weighted by atomic mass is 14.2. The largest absolute Gasteiger partial charge is 0.0628 e. The maximum Gasteiger partial charge on any atom is -0.0337 e. The Morgan fingerprint density at radius 2 is 1.25 bits per heavy atom. The lowest BCUT2D eigenvalue weighted by molar-refractivity contribution is 0.316. The van der Waals surface area contributed by atoms with Gasteiger partial charge in [0.15, 0.2) is 0 Å². The minimum Gasteiger partial charge on any atom is -0.0628 e. The van der Waals surface area contributed by atoms with E-state index in [1.807, 2.05) is 0 Å². The van der Waals surface area contributed by atoms with E-state index >= 15 is 0 Å². The van der Waals surface area contributed by atoms with Gasteiger partial charge in [-0.2, -0.15) is 0 Å². The molecule has 0 atom stereocenters. The molecule has 0 aromatic heterocycles. The Hall–Kier alpha value is 0. The van der Waals surface area contributed by atoms with E-state index in [9.17, 15) is 0 Å². The SMILES string of the molecule is CC(C)C[CH]C(C(C)C)C(C)C. The third-order valence-electron chi connectivity index (χ3n) is 2.42. The molecule has 1 radical (unpaired) electrons. The summed E-state index contributed by atoms with van der Waals surface area (Å²) in [6.45, 7) is 13.9. The Labute approximate surface area is 78.8 Å². The second kappa shape index (κ2) is 5.61. The summed E-state index contributed by atoms with van der Waals surface area (Å²) in [4.78, 5) is 0.